The van der Waals surface area contributed by atoms with E-state index in [2.05, 4.69) is 26.8 Å². The average Bonchev–Trinajstić information content (AvgIpc) is 2.42. The van der Waals surface area contributed by atoms with E-state index in [4.69, 9.17) is 5.84 Å². The summed E-state index contributed by atoms with van der Waals surface area (Å²) in [6, 6.07) is 8.08. The quantitative estimate of drug-likeness (QED) is 0.446. The lowest BCUT2D eigenvalue weighted by atomic mass is 10.2. The fourth-order valence-corrected chi connectivity index (χ4v) is 2.15. The molecular formula is C12H15N5S. The number of nitrogen functional groups attached to an aromatic ring is 1. The molecule has 5 nitrogen and oxygen atoms in total. The van der Waals surface area contributed by atoms with E-state index >= 15 is 0 Å². The third-order valence-corrected chi connectivity index (χ3v) is 3.38. The van der Waals surface area contributed by atoms with Gasteiger partial charge in [0.05, 0.1) is 5.69 Å². The number of para-hydroxylation sites is 1. The van der Waals surface area contributed by atoms with Crippen LogP contribution in [0.5, 0.6) is 0 Å². The zero-order valence-corrected chi connectivity index (χ0v) is 11.1. The molecule has 4 N–H and O–H groups in total. The zero-order chi connectivity index (χ0) is 13.0. The molecule has 0 saturated carbocycles. The summed E-state index contributed by atoms with van der Waals surface area (Å²) < 4.78 is 0. The third-order valence-electron chi connectivity index (χ3n) is 2.58. The van der Waals surface area contributed by atoms with E-state index in [9.17, 15) is 0 Å². The minimum absolute atomic E-state index is 0.620. The van der Waals surface area contributed by atoms with Gasteiger partial charge in [0.15, 0.2) is 0 Å². The summed E-state index contributed by atoms with van der Waals surface area (Å²) in [6.45, 7) is 1.92. The van der Waals surface area contributed by atoms with E-state index in [1.54, 1.807) is 11.8 Å². The van der Waals surface area contributed by atoms with Crippen LogP contribution in [-0.2, 0) is 0 Å². The van der Waals surface area contributed by atoms with Crippen molar-refractivity contribution in [2.75, 3.05) is 17.0 Å². The second-order valence-electron chi connectivity index (χ2n) is 3.67. The van der Waals surface area contributed by atoms with E-state index in [0.29, 0.717) is 5.82 Å². The molecule has 6 heteroatoms. The summed E-state index contributed by atoms with van der Waals surface area (Å²) in [4.78, 5) is 9.44. The third kappa shape index (κ3) is 2.55. The molecule has 2 rings (SSSR count). The van der Waals surface area contributed by atoms with E-state index < -0.39 is 0 Å². The van der Waals surface area contributed by atoms with Gasteiger partial charge < -0.3 is 10.7 Å². The SMILES string of the molecule is CSc1ccccc1Nc1ncnc(NN)c1C. The average molecular weight is 261 g/mol. The number of nitrogens with one attached hydrogen (secondary N) is 2. The number of rotatable bonds is 4. The first kappa shape index (κ1) is 12.7. The lowest BCUT2D eigenvalue weighted by Gasteiger charge is -2.13. The number of hydrazine groups is 1. The molecule has 0 amide bonds. The molecule has 0 fully saturated rings. The topological polar surface area (TPSA) is 75.9 Å². The smallest absolute Gasteiger partial charge is 0.148 e. The lowest BCUT2D eigenvalue weighted by molar-refractivity contribution is 1.10. The number of nitrogens with two attached hydrogens (primary N) is 1. The summed E-state index contributed by atoms with van der Waals surface area (Å²) in [5.74, 6) is 6.77. The van der Waals surface area contributed by atoms with Crippen LogP contribution in [0, 0.1) is 6.92 Å². The van der Waals surface area contributed by atoms with Crippen molar-refractivity contribution in [2.45, 2.75) is 11.8 Å². The minimum Gasteiger partial charge on any atom is -0.339 e. The largest absolute Gasteiger partial charge is 0.339 e. The Morgan fingerprint density at radius 2 is 1.89 bits per heavy atom. The highest BCUT2D eigenvalue weighted by atomic mass is 32.2. The fraction of sp³-hybridized carbons (Fsp3) is 0.167. The van der Waals surface area contributed by atoms with Crippen LogP contribution in [0.1, 0.15) is 5.56 Å². The van der Waals surface area contributed by atoms with Crippen molar-refractivity contribution in [1.82, 2.24) is 9.97 Å². The number of benzene rings is 1. The number of thioether (sulfide) groups is 1. The Morgan fingerprint density at radius 1 is 1.17 bits per heavy atom. The summed E-state index contributed by atoms with van der Waals surface area (Å²) in [6.07, 6.45) is 3.52. The van der Waals surface area contributed by atoms with Gasteiger partial charge in [0.1, 0.15) is 18.0 Å². The highest BCUT2D eigenvalue weighted by Crippen LogP contribution is 2.29. The fourth-order valence-electron chi connectivity index (χ4n) is 1.60. The number of hydrogen-bond acceptors (Lipinski definition) is 6. The second kappa shape index (κ2) is 5.70. The molecule has 0 aliphatic carbocycles. The standard InChI is InChI=1S/C12H15N5S/c1-8-11(14-7-15-12(8)17-13)16-9-5-3-4-6-10(9)18-2/h3-7H,13H2,1-2H3,(H2,14,15,16,17). The molecule has 18 heavy (non-hydrogen) atoms. The molecule has 1 heterocycles. The van der Waals surface area contributed by atoms with Crippen LogP contribution in [0.15, 0.2) is 35.5 Å². The van der Waals surface area contributed by atoms with Gasteiger partial charge in [-0.1, -0.05) is 12.1 Å². The predicted molar refractivity (Wildman–Crippen MR) is 76.1 cm³/mol. The van der Waals surface area contributed by atoms with Gasteiger partial charge in [-0.2, -0.15) is 0 Å². The van der Waals surface area contributed by atoms with Crippen LogP contribution in [-0.4, -0.2) is 16.2 Å². The van der Waals surface area contributed by atoms with Crippen LogP contribution < -0.4 is 16.6 Å². The van der Waals surface area contributed by atoms with Crippen LogP contribution in [0.4, 0.5) is 17.3 Å². The summed E-state index contributed by atoms with van der Waals surface area (Å²) in [5, 5.41) is 3.30. The number of hydrogen-bond donors (Lipinski definition) is 3. The maximum atomic E-state index is 5.40. The minimum atomic E-state index is 0.620. The van der Waals surface area contributed by atoms with Crippen molar-refractivity contribution >= 4 is 29.1 Å². The zero-order valence-electron chi connectivity index (χ0n) is 10.3. The van der Waals surface area contributed by atoms with Gasteiger partial charge in [-0.25, -0.2) is 15.8 Å². The van der Waals surface area contributed by atoms with E-state index in [1.165, 1.54) is 6.33 Å². The van der Waals surface area contributed by atoms with E-state index in [0.717, 1.165) is 22.0 Å². The molecule has 0 aliphatic heterocycles. The summed E-state index contributed by atoms with van der Waals surface area (Å²) in [7, 11) is 0. The van der Waals surface area contributed by atoms with Crippen molar-refractivity contribution < 1.29 is 0 Å². The molecule has 0 atom stereocenters. The van der Waals surface area contributed by atoms with Gasteiger partial charge >= 0.3 is 0 Å². The Hall–Kier alpha value is -1.79. The molecule has 2 aromatic rings. The van der Waals surface area contributed by atoms with E-state index in [-0.39, 0.29) is 0 Å². The van der Waals surface area contributed by atoms with Crippen molar-refractivity contribution in [3.8, 4) is 0 Å². The lowest BCUT2D eigenvalue weighted by Crippen LogP contribution is -2.11. The maximum absolute atomic E-state index is 5.40. The second-order valence-corrected chi connectivity index (χ2v) is 4.51. The normalized spacial score (nSPS) is 10.2. The first-order chi connectivity index (χ1) is 8.76. The number of aromatic nitrogens is 2. The highest BCUT2D eigenvalue weighted by Gasteiger charge is 2.07. The summed E-state index contributed by atoms with van der Waals surface area (Å²) >= 11 is 1.68. The Morgan fingerprint density at radius 3 is 2.61 bits per heavy atom. The molecule has 0 aliphatic rings. The first-order valence-corrected chi connectivity index (χ1v) is 6.67. The molecular weight excluding hydrogens is 246 g/mol. The van der Waals surface area contributed by atoms with Crippen LogP contribution >= 0.6 is 11.8 Å². The van der Waals surface area contributed by atoms with Crippen molar-refractivity contribution in [3.63, 3.8) is 0 Å². The first-order valence-electron chi connectivity index (χ1n) is 5.44. The summed E-state index contributed by atoms with van der Waals surface area (Å²) in [5.41, 5.74) is 4.46. The van der Waals surface area contributed by atoms with Crippen molar-refractivity contribution in [1.29, 1.82) is 0 Å². The predicted octanol–water partition coefficient (Wildman–Crippen LogP) is 2.54. The Bertz CT molecular complexity index is 544. The Kier molecular flexibility index (Phi) is 4.01. The van der Waals surface area contributed by atoms with Gasteiger partial charge in [-0.3, -0.25) is 0 Å². The number of anilines is 3. The molecule has 1 aromatic heterocycles. The van der Waals surface area contributed by atoms with Gasteiger partial charge in [0.25, 0.3) is 0 Å². The van der Waals surface area contributed by atoms with Gasteiger partial charge in [0.2, 0.25) is 0 Å². The maximum Gasteiger partial charge on any atom is 0.148 e. The van der Waals surface area contributed by atoms with Gasteiger partial charge in [0, 0.05) is 10.5 Å². The Labute approximate surface area is 110 Å². The van der Waals surface area contributed by atoms with Gasteiger partial charge in [-0.15, -0.1) is 11.8 Å². The monoisotopic (exact) mass is 261 g/mol. The van der Waals surface area contributed by atoms with Crippen LogP contribution in [0.25, 0.3) is 0 Å². The Balaban J connectivity index is 2.34. The molecule has 0 unspecified atom stereocenters. The molecule has 0 radical (unpaired) electrons. The molecule has 0 spiro atoms. The molecule has 94 valence electrons. The van der Waals surface area contributed by atoms with Gasteiger partial charge in [-0.05, 0) is 25.3 Å². The van der Waals surface area contributed by atoms with E-state index in [1.807, 2.05) is 31.4 Å². The van der Waals surface area contributed by atoms with Crippen LogP contribution in [0.2, 0.25) is 0 Å². The number of nitrogens with zero attached hydrogens (tertiary/aromatic N) is 2. The molecule has 0 saturated heterocycles. The highest BCUT2D eigenvalue weighted by molar-refractivity contribution is 7.98. The van der Waals surface area contributed by atoms with Crippen molar-refractivity contribution in [3.05, 3.63) is 36.2 Å². The molecule has 0 bridgehead atoms. The van der Waals surface area contributed by atoms with Crippen molar-refractivity contribution in [2.24, 2.45) is 5.84 Å². The van der Waals surface area contributed by atoms with Crippen LogP contribution in [0.3, 0.4) is 0 Å². The molecule has 1 aromatic carbocycles.